The van der Waals surface area contributed by atoms with Crippen molar-refractivity contribution in [2.24, 2.45) is 5.92 Å². The van der Waals surface area contributed by atoms with Gasteiger partial charge in [-0.05, 0) is 63.7 Å². The first-order valence-electron chi connectivity index (χ1n) is 12.3. The largest absolute Gasteiger partial charge is 0.355 e. The highest BCUT2D eigenvalue weighted by atomic mass is 16.5. The Hall–Kier alpha value is -2.48. The molecule has 3 aliphatic rings. The van der Waals surface area contributed by atoms with Crippen LogP contribution in [-0.4, -0.2) is 65.2 Å². The number of aromatic nitrogens is 3. The van der Waals surface area contributed by atoms with Crippen LogP contribution in [-0.2, 0) is 4.79 Å². The number of hydrogen-bond acceptors (Lipinski definition) is 7. The van der Waals surface area contributed by atoms with Gasteiger partial charge in [0.2, 0.25) is 17.6 Å². The fourth-order valence-electron chi connectivity index (χ4n) is 5.04. The van der Waals surface area contributed by atoms with Crippen LogP contribution in [0.3, 0.4) is 0 Å². The van der Waals surface area contributed by atoms with Gasteiger partial charge in [-0.25, -0.2) is 4.98 Å². The van der Waals surface area contributed by atoms with Gasteiger partial charge < -0.3 is 19.6 Å². The Morgan fingerprint density at radius 2 is 1.97 bits per heavy atom. The highest BCUT2D eigenvalue weighted by molar-refractivity contribution is 5.80. The van der Waals surface area contributed by atoms with E-state index in [-0.39, 0.29) is 11.8 Å². The summed E-state index contributed by atoms with van der Waals surface area (Å²) < 4.78 is 5.54. The van der Waals surface area contributed by atoms with Crippen molar-refractivity contribution in [2.75, 3.05) is 44.2 Å². The lowest BCUT2D eigenvalue weighted by Crippen LogP contribution is -2.45. The van der Waals surface area contributed by atoms with E-state index < -0.39 is 0 Å². The van der Waals surface area contributed by atoms with Gasteiger partial charge in [-0.15, -0.1) is 0 Å². The minimum absolute atomic E-state index is 0.0178. The number of carbonyl (C=O) groups is 1. The van der Waals surface area contributed by atoms with Crippen LogP contribution in [0.1, 0.15) is 63.2 Å². The molecule has 8 heteroatoms. The quantitative estimate of drug-likeness (QED) is 0.710. The Morgan fingerprint density at radius 3 is 2.78 bits per heavy atom. The third-order valence-electron chi connectivity index (χ3n) is 7.19. The molecule has 2 aromatic rings. The maximum atomic E-state index is 12.9. The molecule has 172 valence electrons. The zero-order chi connectivity index (χ0) is 21.8. The van der Waals surface area contributed by atoms with Crippen LogP contribution in [0, 0.1) is 5.92 Å². The smallest absolute Gasteiger partial charge is 0.230 e. The predicted octanol–water partition coefficient (Wildman–Crippen LogP) is 3.22. The minimum Gasteiger partial charge on any atom is -0.355 e. The molecule has 1 N–H and O–H groups in total. The van der Waals surface area contributed by atoms with Gasteiger partial charge in [0.05, 0.1) is 11.5 Å². The molecule has 3 fully saturated rings. The summed E-state index contributed by atoms with van der Waals surface area (Å²) in [7, 11) is 0. The number of carbonyl (C=O) groups excluding carboxylic acids is 1. The highest BCUT2D eigenvalue weighted by Gasteiger charge is 2.30. The number of nitrogens with one attached hydrogen (secondary N) is 1. The van der Waals surface area contributed by atoms with Crippen molar-refractivity contribution in [3.05, 3.63) is 24.2 Å². The highest BCUT2D eigenvalue weighted by Crippen LogP contribution is 2.37. The van der Waals surface area contributed by atoms with E-state index in [4.69, 9.17) is 4.52 Å². The van der Waals surface area contributed by atoms with Crippen molar-refractivity contribution >= 4 is 11.7 Å². The van der Waals surface area contributed by atoms with Gasteiger partial charge >= 0.3 is 0 Å². The third-order valence-corrected chi connectivity index (χ3v) is 7.19. The predicted molar refractivity (Wildman–Crippen MR) is 122 cm³/mol. The molecule has 2 aromatic heterocycles. The Labute approximate surface area is 189 Å². The monoisotopic (exact) mass is 438 g/mol. The molecular formula is C24H34N6O2. The van der Waals surface area contributed by atoms with Gasteiger partial charge in [-0.1, -0.05) is 18.0 Å². The number of amides is 1. The van der Waals surface area contributed by atoms with E-state index in [9.17, 15) is 4.79 Å². The van der Waals surface area contributed by atoms with Crippen molar-refractivity contribution < 1.29 is 9.32 Å². The van der Waals surface area contributed by atoms with E-state index >= 15 is 0 Å². The first kappa shape index (κ1) is 21.4. The van der Waals surface area contributed by atoms with Crippen LogP contribution in [0.2, 0.25) is 0 Å². The Kier molecular flexibility index (Phi) is 6.67. The van der Waals surface area contributed by atoms with Crippen LogP contribution in [0.4, 0.5) is 5.82 Å². The zero-order valence-corrected chi connectivity index (χ0v) is 18.8. The van der Waals surface area contributed by atoms with Crippen molar-refractivity contribution in [3.63, 3.8) is 0 Å². The second-order valence-corrected chi connectivity index (χ2v) is 9.44. The summed E-state index contributed by atoms with van der Waals surface area (Å²) in [4.78, 5) is 26.9. The fraction of sp³-hybridized carbons (Fsp3) is 0.667. The molecule has 0 aromatic carbocycles. The second-order valence-electron chi connectivity index (χ2n) is 9.44. The molecule has 2 aliphatic heterocycles. The van der Waals surface area contributed by atoms with E-state index in [1.165, 1.54) is 25.7 Å². The fourth-order valence-corrected chi connectivity index (χ4v) is 5.04. The van der Waals surface area contributed by atoms with Crippen LogP contribution >= 0.6 is 0 Å². The Bertz CT molecular complexity index is 905. The number of hydrogen-bond donors (Lipinski definition) is 1. The average molecular weight is 439 g/mol. The summed E-state index contributed by atoms with van der Waals surface area (Å²) in [6.45, 7) is 5.56. The SMILES string of the molecule is O=C(NCCN1CCCCC1)[C@@H]1CCCN(c2ncccc2-c2noc(C3CCC3)n2)C1. The van der Waals surface area contributed by atoms with Gasteiger partial charge in [0.15, 0.2) is 0 Å². The first-order valence-corrected chi connectivity index (χ1v) is 12.3. The molecular weight excluding hydrogens is 404 g/mol. The summed E-state index contributed by atoms with van der Waals surface area (Å²) in [5, 5.41) is 7.43. The van der Waals surface area contributed by atoms with Crippen LogP contribution < -0.4 is 10.2 Å². The van der Waals surface area contributed by atoms with Gasteiger partial charge in [0.25, 0.3) is 0 Å². The number of likely N-dealkylation sites (tertiary alicyclic amines) is 1. The molecule has 0 bridgehead atoms. The Balaban J connectivity index is 1.21. The summed E-state index contributed by atoms with van der Waals surface area (Å²) in [5.74, 6) is 2.74. The van der Waals surface area contributed by atoms with E-state index in [0.29, 0.717) is 18.3 Å². The molecule has 4 heterocycles. The van der Waals surface area contributed by atoms with Gasteiger partial charge in [0.1, 0.15) is 5.82 Å². The second kappa shape index (κ2) is 9.98. The van der Waals surface area contributed by atoms with Crippen molar-refractivity contribution in [1.29, 1.82) is 0 Å². The first-order chi connectivity index (χ1) is 15.8. The lowest BCUT2D eigenvalue weighted by atomic mass is 9.85. The molecule has 0 radical (unpaired) electrons. The minimum atomic E-state index is -0.0178. The molecule has 0 spiro atoms. The van der Waals surface area contributed by atoms with Crippen molar-refractivity contribution in [2.45, 2.75) is 57.3 Å². The molecule has 2 saturated heterocycles. The molecule has 8 nitrogen and oxygen atoms in total. The normalized spacial score (nSPS) is 22.5. The molecule has 1 saturated carbocycles. The molecule has 0 unspecified atom stereocenters. The maximum absolute atomic E-state index is 12.9. The van der Waals surface area contributed by atoms with Crippen molar-refractivity contribution in [3.8, 4) is 11.4 Å². The lowest BCUT2D eigenvalue weighted by Gasteiger charge is -2.34. The zero-order valence-electron chi connectivity index (χ0n) is 18.8. The third kappa shape index (κ3) is 4.80. The van der Waals surface area contributed by atoms with Crippen LogP contribution in [0.5, 0.6) is 0 Å². The maximum Gasteiger partial charge on any atom is 0.230 e. The van der Waals surface area contributed by atoms with Crippen molar-refractivity contribution in [1.82, 2.24) is 25.3 Å². The Morgan fingerprint density at radius 1 is 1.09 bits per heavy atom. The molecule has 32 heavy (non-hydrogen) atoms. The van der Waals surface area contributed by atoms with Gasteiger partial charge in [-0.2, -0.15) is 4.98 Å². The number of pyridine rings is 1. The number of rotatable bonds is 7. The average Bonchev–Trinajstić information content (AvgIpc) is 3.28. The van der Waals surface area contributed by atoms with E-state index in [2.05, 4.69) is 30.2 Å². The van der Waals surface area contributed by atoms with E-state index in [1.807, 2.05) is 12.1 Å². The number of piperidine rings is 2. The summed E-state index contributed by atoms with van der Waals surface area (Å²) >= 11 is 0. The number of nitrogens with zero attached hydrogens (tertiary/aromatic N) is 5. The number of anilines is 1. The van der Waals surface area contributed by atoms with Crippen LogP contribution in [0.15, 0.2) is 22.9 Å². The summed E-state index contributed by atoms with van der Waals surface area (Å²) in [6.07, 6.45) is 11.1. The summed E-state index contributed by atoms with van der Waals surface area (Å²) in [5.41, 5.74) is 0.882. The summed E-state index contributed by atoms with van der Waals surface area (Å²) in [6, 6.07) is 3.91. The van der Waals surface area contributed by atoms with E-state index in [1.54, 1.807) is 6.20 Å². The van der Waals surface area contributed by atoms with Crippen LogP contribution in [0.25, 0.3) is 11.4 Å². The topological polar surface area (TPSA) is 87.4 Å². The molecule has 1 atom stereocenters. The molecule has 1 aliphatic carbocycles. The standard InChI is InChI=1S/C24H34N6O2/c31-23(26-12-16-29-13-2-1-3-14-29)19-9-6-15-30(17-19)22-20(10-5-11-25-22)21-27-24(32-28-21)18-7-4-8-18/h5,10-11,18-19H,1-4,6-9,12-17H2,(H,26,31)/t19-/m1/s1. The van der Waals surface area contributed by atoms with E-state index in [0.717, 1.165) is 75.7 Å². The van der Waals surface area contributed by atoms with Gasteiger partial charge in [0, 0.05) is 38.3 Å². The molecule has 5 rings (SSSR count). The van der Waals surface area contributed by atoms with Gasteiger partial charge in [-0.3, -0.25) is 4.79 Å². The lowest BCUT2D eigenvalue weighted by molar-refractivity contribution is -0.125. The molecule has 1 amide bonds.